The lowest BCUT2D eigenvalue weighted by molar-refractivity contribution is 0.412. The van der Waals surface area contributed by atoms with Crippen LogP contribution in [0.5, 0.6) is 5.75 Å². The van der Waals surface area contributed by atoms with E-state index in [0.29, 0.717) is 6.04 Å². The maximum Gasteiger partial charge on any atom is 0.135 e. The van der Waals surface area contributed by atoms with Crippen LogP contribution in [-0.2, 0) is 6.54 Å². The summed E-state index contributed by atoms with van der Waals surface area (Å²) >= 11 is 3.44. The molecule has 0 radical (unpaired) electrons. The van der Waals surface area contributed by atoms with Crippen LogP contribution in [0.3, 0.4) is 0 Å². The summed E-state index contributed by atoms with van der Waals surface area (Å²) in [5.41, 5.74) is 2.01. The van der Waals surface area contributed by atoms with E-state index in [1.54, 1.807) is 7.11 Å². The zero-order valence-corrected chi connectivity index (χ0v) is 12.9. The highest BCUT2D eigenvalue weighted by Gasteiger charge is 2.05. The van der Waals surface area contributed by atoms with Gasteiger partial charge in [-0.15, -0.1) is 0 Å². The molecule has 0 atom stereocenters. The number of benzene rings is 1. The lowest BCUT2D eigenvalue weighted by Crippen LogP contribution is -2.22. The van der Waals surface area contributed by atoms with Gasteiger partial charge in [0.15, 0.2) is 0 Å². The predicted molar refractivity (Wildman–Crippen MR) is 79.8 cm³/mol. The number of halogens is 1. The maximum atomic E-state index is 5.29. The van der Waals surface area contributed by atoms with E-state index in [1.165, 1.54) is 0 Å². The van der Waals surface area contributed by atoms with Crippen LogP contribution in [0.1, 0.15) is 19.5 Å². The van der Waals surface area contributed by atoms with E-state index < -0.39 is 0 Å². The molecule has 5 heteroatoms. The molecule has 2 rings (SSSR count). The minimum atomic E-state index is 0.456. The number of rotatable bonds is 5. The summed E-state index contributed by atoms with van der Waals surface area (Å²) in [6, 6.07) is 8.39. The molecule has 0 unspecified atom stereocenters. The fourth-order valence-corrected chi connectivity index (χ4v) is 2.11. The van der Waals surface area contributed by atoms with Gasteiger partial charge in [-0.2, -0.15) is 5.10 Å². The van der Waals surface area contributed by atoms with Crippen LogP contribution in [0.2, 0.25) is 0 Å². The molecule has 1 aromatic carbocycles. The van der Waals surface area contributed by atoms with Gasteiger partial charge in [0, 0.05) is 24.8 Å². The smallest absolute Gasteiger partial charge is 0.135 e. The van der Waals surface area contributed by atoms with Crippen molar-refractivity contribution < 1.29 is 4.74 Å². The number of ether oxygens (including phenoxy) is 1. The monoisotopic (exact) mass is 323 g/mol. The Morgan fingerprint density at radius 1 is 1.37 bits per heavy atom. The Balaban J connectivity index is 2.18. The Hall–Kier alpha value is -1.33. The van der Waals surface area contributed by atoms with Crippen LogP contribution in [-0.4, -0.2) is 22.9 Å². The van der Waals surface area contributed by atoms with Crippen molar-refractivity contribution in [1.29, 1.82) is 0 Å². The Labute approximate surface area is 121 Å². The molecular weight excluding hydrogens is 306 g/mol. The van der Waals surface area contributed by atoms with E-state index in [-0.39, 0.29) is 0 Å². The van der Waals surface area contributed by atoms with E-state index >= 15 is 0 Å². The van der Waals surface area contributed by atoms with Crippen LogP contribution in [0.15, 0.2) is 34.9 Å². The molecule has 19 heavy (non-hydrogen) atoms. The van der Waals surface area contributed by atoms with E-state index in [4.69, 9.17) is 4.74 Å². The average Bonchev–Trinajstić information content (AvgIpc) is 2.86. The van der Waals surface area contributed by atoms with Gasteiger partial charge >= 0.3 is 0 Å². The molecule has 1 aromatic heterocycles. The van der Waals surface area contributed by atoms with Crippen molar-refractivity contribution in [1.82, 2.24) is 15.1 Å². The van der Waals surface area contributed by atoms with Gasteiger partial charge < -0.3 is 10.1 Å². The van der Waals surface area contributed by atoms with Gasteiger partial charge in [-0.05, 0) is 34.1 Å². The number of methoxy groups -OCH3 is 1. The van der Waals surface area contributed by atoms with Gasteiger partial charge in [0.25, 0.3) is 0 Å². The van der Waals surface area contributed by atoms with Crippen molar-refractivity contribution in [3.05, 3.63) is 40.6 Å². The third-order valence-corrected chi connectivity index (χ3v) is 3.39. The fourth-order valence-electron chi connectivity index (χ4n) is 1.70. The first-order chi connectivity index (χ1) is 9.10. The minimum absolute atomic E-state index is 0.456. The first-order valence-electron chi connectivity index (χ1n) is 6.22. The molecule has 0 fully saturated rings. The lowest BCUT2D eigenvalue weighted by Gasteiger charge is -2.07. The first-order valence-corrected chi connectivity index (χ1v) is 7.01. The second-order valence-corrected chi connectivity index (χ2v) is 5.46. The maximum absolute atomic E-state index is 5.29. The number of hydrogen-bond acceptors (Lipinski definition) is 3. The lowest BCUT2D eigenvalue weighted by atomic mass is 10.3. The van der Waals surface area contributed by atoms with Gasteiger partial charge in [-0.1, -0.05) is 13.8 Å². The first kappa shape index (κ1) is 14.1. The largest absolute Gasteiger partial charge is 0.495 e. The van der Waals surface area contributed by atoms with Gasteiger partial charge in [0.1, 0.15) is 5.75 Å². The van der Waals surface area contributed by atoms with E-state index in [1.807, 2.05) is 35.1 Å². The summed E-state index contributed by atoms with van der Waals surface area (Å²) in [4.78, 5) is 0. The quantitative estimate of drug-likeness (QED) is 0.918. The number of hydrogen-bond donors (Lipinski definition) is 1. The Bertz CT molecular complexity index is 551. The summed E-state index contributed by atoms with van der Waals surface area (Å²) < 4.78 is 8.08. The van der Waals surface area contributed by atoms with Crippen molar-refractivity contribution >= 4 is 15.9 Å². The number of nitrogens with one attached hydrogen (secondary N) is 1. The van der Waals surface area contributed by atoms with Crippen molar-refractivity contribution in [2.24, 2.45) is 0 Å². The molecule has 0 aliphatic heterocycles. The predicted octanol–water partition coefficient (Wildman–Crippen LogP) is 3.14. The normalized spacial score (nSPS) is 11.0. The van der Waals surface area contributed by atoms with Gasteiger partial charge in [0.05, 0.1) is 23.0 Å². The molecule has 1 heterocycles. The van der Waals surface area contributed by atoms with Crippen molar-refractivity contribution in [2.45, 2.75) is 26.4 Å². The summed E-state index contributed by atoms with van der Waals surface area (Å²) in [5.74, 6) is 0.801. The van der Waals surface area contributed by atoms with Crippen molar-refractivity contribution in [3.63, 3.8) is 0 Å². The van der Waals surface area contributed by atoms with Crippen LogP contribution in [0, 0.1) is 0 Å². The molecule has 2 aromatic rings. The molecule has 102 valence electrons. The third kappa shape index (κ3) is 3.58. The zero-order valence-electron chi connectivity index (χ0n) is 11.4. The van der Waals surface area contributed by atoms with Crippen molar-refractivity contribution in [3.8, 4) is 11.4 Å². The highest BCUT2D eigenvalue weighted by atomic mass is 79.9. The second-order valence-electron chi connectivity index (χ2n) is 4.61. The summed E-state index contributed by atoms with van der Waals surface area (Å²) in [7, 11) is 1.66. The molecule has 0 aliphatic carbocycles. The topological polar surface area (TPSA) is 39.1 Å². The number of aromatic nitrogens is 2. The summed E-state index contributed by atoms with van der Waals surface area (Å²) in [6.07, 6.45) is 1.96. The van der Waals surface area contributed by atoms with Crippen LogP contribution >= 0.6 is 15.9 Å². The summed E-state index contributed by atoms with van der Waals surface area (Å²) in [5, 5.41) is 7.89. The molecule has 0 bridgehead atoms. The van der Waals surface area contributed by atoms with Gasteiger partial charge in [0.2, 0.25) is 0 Å². The average molecular weight is 324 g/mol. The van der Waals surface area contributed by atoms with Crippen LogP contribution < -0.4 is 10.1 Å². The Morgan fingerprint density at radius 2 is 2.16 bits per heavy atom. The molecule has 0 saturated heterocycles. The van der Waals surface area contributed by atoms with Crippen LogP contribution in [0.25, 0.3) is 5.69 Å². The van der Waals surface area contributed by atoms with Crippen molar-refractivity contribution in [2.75, 3.05) is 7.11 Å². The van der Waals surface area contributed by atoms with Gasteiger partial charge in [-0.25, -0.2) is 4.68 Å². The molecule has 0 aliphatic rings. The molecule has 0 saturated carbocycles. The highest BCUT2D eigenvalue weighted by Crippen LogP contribution is 2.26. The number of nitrogens with zero attached hydrogens (tertiary/aromatic N) is 2. The molecule has 0 spiro atoms. The zero-order chi connectivity index (χ0) is 13.8. The molecule has 1 N–H and O–H groups in total. The van der Waals surface area contributed by atoms with E-state index in [0.717, 1.165) is 28.1 Å². The Morgan fingerprint density at radius 3 is 2.84 bits per heavy atom. The standard InChI is InChI=1S/C14H18BrN3O/c1-10(2)16-9-11-6-7-18(17-11)12-4-5-13(15)14(8-12)19-3/h4-8,10,16H,9H2,1-3H3. The molecule has 4 nitrogen and oxygen atoms in total. The van der Waals surface area contributed by atoms with Crippen LogP contribution in [0.4, 0.5) is 0 Å². The third-order valence-electron chi connectivity index (χ3n) is 2.73. The SMILES string of the molecule is COc1cc(-n2ccc(CNC(C)C)n2)ccc1Br. The minimum Gasteiger partial charge on any atom is -0.495 e. The second kappa shape index (κ2) is 6.21. The molecular formula is C14H18BrN3O. The van der Waals surface area contributed by atoms with Gasteiger partial charge in [-0.3, -0.25) is 0 Å². The fraction of sp³-hybridized carbons (Fsp3) is 0.357. The Kier molecular flexibility index (Phi) is 4.61. The van der Waals surface area contributed by atoms with E-state index in [9.17, 15) is 0 Å². The summed E-state index contributed by atoms with van der Waals surface area (Å²) in [6.45, 7) is 5.02. The molecule has 0 amide bonds. The van der Waals surface area contributed by atoms with E-state index in [2.05, 4.69) is 40.2 Å². The highest BCUT2D eigenvalue weighted by molar-refractivity contribution is 9.10.